The first-order valence-electron chi connectivity index (χ1n) is 8.05. The van der Waals surface area contributed by atoms with Gasteiger partial charge in [0.05, 0.1) is 22.6 Å². The van der Waals surface area contributed by atoms with Crippen molar-refractivity contribution in [3.63, 3.8) is 0 Å². The van der Waals surface area contributed by atoms with Crippen molar-refractivity contribution in [3.8, 4) is 16.8 Å². The predicted octanol–water partition coefficient (Wildman–Crippen LogP) is 3.96. The minimum absolute atomic E-state index is 0.0704. The summed E-state index contributed by atoms with van der Waals surface area (Å²) in [6.45, 7) is 2.19. The van der Waals surface area contributed by atoms with Crippen LogP contribution in [0.15, 0.2) is 53.0 Å². The maximum atomic E-state index is 12.9. The highest BCUT2D eigenvalue weighted by Crippen LogP contribution is 2.27. The third-order valence-corrected chi connectivity index (χ3v) is 5.46. The fourth-order valence-corrected chi connectivity index (χ4v) is 3.84. The number of nitrogens with one attached hydrogen (secondary N) is 1. The lowest BCUT2D eigenvalue weighted by Crippen LogP contribution is -2.37. The Kier molecular flexibility index (Phi) is 6.04. The summed E-state index contributed by atoms with van der Waals surface area (Å²) >= 11 is 2.88. The molecule has 0 saturated carbocycles. The van der Waals surface area contributed by atoms with Gasteiger partial charge in [-0.15, -0.1) is 16.4 Å². The van der Waals surface area contributed by atoms with Crippen LogP contribution in [0.2, 0.25) is 0 Å². The summed E-state index contributed by atoms with van der Waals surface area (Å²) in [6, 6.07) is 15.4. The van der Waals surface area contributed by atoms with Crippen molar-refractivity contribution in [3.05, 3.63) is 47.8 Å². The number of nitriles is 1. The second kappa shape index (κ2) is 8.65. The standard InChI is InChI=1S/C18H17N5OS2/c1-13(26-18-20-16(21-22-18)15-9-5-12-25-15)17(24)23(11-6-10-19)14-7-3-2-4-8-14/h2-5,7-9,12-13H,6,11H2,1H3,(H,20,21,22). The molecule has 0 bridgehead atoms. The number of thioether (sulfide) groups is 1. The summed E-state index contributed by atoms with van der Waals surface area (Å²) in [6.07, 6.45) is 0.279. The molecule has 1 atom stereocenters. The van der Waals surface area contributed by atoms with Gasteiger partial charge in [0.2, 0.25) is 11.1 Å². The summed E-state index contributed by atoms with van der Waals surface area (Å²) in [4.78, 5) is 20.0. The largest absolute Gasteiger partial charge is 0.310 e. The van der Waals surface area contributed by atoms with Gasteiger partial charge in [-0.05, 0) is 30.5 Å². The van der Waals surface area contributed by atoms with Crippen LogP contribution in [0.1, 0.15) is 13.3 Å². The van der Waals surface area contributed by atoms with Gasteiger partial charge in [-0.3, -0.25) is 9.89 Å². The van der Waals surface area contributed by atoms with Crippen LogP contribution in [0.3, 0.4) is 0 Å². The molecule has 0 saturated heterocycles. The number of aromatic amines is 1. The Morgan fingerprint density at radius 3 is 2.85 bits per heavy atom. The number of aromatic nitrogens is 3. The normalized spacial score (nSPS) is 11.7. The smallest absolute Gasteiger partial charge is 0.240 e. The summed E-state index contributed by atoms with van der Waals surface area (Å²) in [5.41, 5.74) is 0.787. The summed E-state index contributed by atoms with van der Waals surface area (Å²) < 4.78 is 0. The highest BCUT2D eigenvalue weighted by Gasteiger charge is 2.24. The molecule has 1 amide bonds. The van der Waals surface area contributed by atoms with E-state index in [4.69, 9.17) is 5.26 Å². The van der Waals surface area contributed by atoms with E-state index in [1.165, 1.54) is 11.8 Å². The van der Waals surface area contributed by atoms with Gasteiger partial charge in [0.1, 0.15) is 0 Å². The molecule has 1 N–H and O–H groups in total. The first-order chi connectivity index (χ1) is 12.7. The quantitative estimate of drug-likeness (QED) is 0.624. The number of hydrogen-bond acceptors (Lipinski definition) is 6. The zero-order valence-corrected chi connectivity index (χ0v) is 15.8. The molecule has 1 aromatic carbocycles. The number of benzene rings is 1. The minimum Gasteiger partial charge on any atom is -0.310 e. The number of amides is 1. The number of rotatable bonds is 7. The van der Waals surface area contributed by atoms with Crippen LogP contribution in [0.25, 0.3) is 10.7 Å². The molecule has 132 valence electrons. The number of nitrogens with zero attached hydrogens (tertiary/aromatic N) is 4. The Balaban J connectivity index is 1.72. The summed E-state index contributed by atoms with van der Waals surface area (Å²) in [5, 5.41) is 18.1. The van der Waals surface area contributed by atoms with Crippen molar-refractivity contribution in [1.29, 1.82) is 5.26 Å². The Hall–Kier alpha value is -2.63. The van der Waals surface area contributed by atoms with Crippen molar-refractivity contribution in [1.82, 2.24) is 15.2 Å². The maximum absolute atomic E-state index is 12.9. The molecule has 0 aliphatic heterocycles. The second-order valence-electron chi connectivity index (χ2n) is 5.44. The van der Waals surface area contributed by atoms with E-state index in [-0.39, 0.29) is 17.6 Å². The molecule has 3 rings (SSSR count). The average molecular weight is 384 g/mol. The van der Waals surface area contributed by atoms with Crippen LogP contribution < -0.4 is 4.90 Å². The van der Waals surface area contributed by atoms with E-state index in [0.29, 0.717) is 17.5 Å². The fourth-order valence-electron chi connectivity index (χ4n) is 2.39. The van der Waals surface area contributed by atoms with Crippen LogP contribution >= 0.6 is 23.1 Å². The lowest BCUT2D eigenvalue weighted by Gasteiger charge is -2.24. The number of H-pyrrole nitrogens is 1. The molecule has 3 aromatic rings. The van der Waals surface area contributed by atoms with E-state index in [1.807, 2.05) is 54.8 Å². The lowest BCUT2D eigenvalue weighted by atomic mass is 10.2. The first-order valence-corrected chi connectivity index (χ1v) is 9.81. The molecular weight excluding hydrogens is 366 g/mol. The topological polar surface area (TPSA) is 85.7 Å². The third kappa shape index (κ3) is 4.31. The van der Waals surface area contributed by atoms with E-state index in [1.54, 1.807) is 16.2 Å². The maximum Gasteiger partial charge on any atom is 0.240 e. The fraction of sp³-hybridized carbons (Fsp3) is 0.222. The van der Waals surface area contributed by atoms with Gasteiger partial charge >= 0.3 is 0 Å². The van der Waals surface area contributed by atoms with Crippen LogP contribution in [0, 0.1) is 11.3 Å². The highest BCUT2D eigenvalue weighted by atomic mass is 32.2. The van der Waals surface area contributed by atoms with Gasteiger partial charge < -0.3 is 4.90 Å². The zero-order valence-electron chi connectivity index (χ0n) is 14.1. The molecule has 26 heavy (non-hydrogen) atoms. The molecule has 0 fully saturated rings. The molecular formula is C18H17N5OS2. The van der Waals surface area contributed by atoms with E-state index in [9.17, 15) is 4.79 Å². The zero-order chi connectivity index (χ0) is 18.4. The average Bonchev–Trinajstić information content (AvgIpc) is 3.34. The molecule has 0 aliphatic carbocycles. The molecule has 1 unspecified atom stereocenters. The Morgan fingerprint density at radius 2 is 2.15 bits per heavy atom. The van der Waals surface area contributed by atoms with Crippen LogP contribution in [0.5, 0.6) is 0 Å². The van der Waals surface area contributed by atoms with Crippen molar-refractivity contribution in [2.45, 2.75) is 23.8 Å². The molecule has 0 radical (unpaired) electrons. The van der Waals surface area contributed by atoms with E-state index < -0.39 is 0 Å². The Labute approximate surface area is 159 Å². The van der Waals surface area contributed by atoms with Gasteiger partial charge in [-0.1, -0.05) is 36.0 Å². The van der Waals surface area contributed by atoms with Gasteiger partial charge in [0.15, 0.2) is 5.82 Å². The number of hydrogen-bond donors (Lipinski definition) is 1. The van der Waals surface area contributed by atoms with Crippen molar-refractivity contribution in [2.75, 3.05) is 11.4 Å². The van der Waals surface area contributed by atoms with Crippen LogP contribution in [-0.2, 0) is 4.79 Å². The van der Waals surface area contributed by atoms with Crippen molar-refractivity contribution >= 4 is 34.7 Å². The van der Waals surface area contributed by atoms with Gasteiger partial charge in [-0.25, -0.2) is 4.98 Å². The summed E-state index contributed by atoms with van der Waals surface area (Å²) in [7, 11) is 0. The molecule has 6 nitrogen and oxygen atoms in total. The SMILES string of the molecule is CC(Sc1n[nH]c(-c2cccs2)n1)C(=O)N(CCC#N)c1ccccc1. The van der Waals surface area contributed by atoms with E-state index in [0.717, 1.165) is 10.6 Å². The number of carbonyl (C=O) groups is 1. The van der Waals surface area contributed by atoms with Crippen LogP contribution in [0.4, 0.5) is 5.69 Å². The number of para-hydroxylation sites is 1. The van der Waals surface area contributed by atoms with Crippen LogP contribution in [-0.4, -0.2) is 32.9 Å². The summed E-state index contributed by atoms with van der Waals surface area (Å²) in [5.74, 6) is 0.630. The molecule has 2 aromatic heterocycles. The van der Waals surface area contributed by atoms with Gasteiger partial charge in [0, 0.05) is 12.2 Å². The Bertz CT molecular complexity index is 886. The van der Waals surface area contributed by atoms with Crippen molar-refractivity contribution in [2.24, 2.45) is 0 Å². The molecule has 0 aliphatic rings. The molecule has 2 heterocycles. The highest BCUT2D eigenvalue weighted by molar-refractivity contribution is 8.00. The number of anilines is 1. The monoisotopic (exact) mass is 383 g/mol. The van der Waals surface area contributed by atoms with E-state index >= 15 is 0 Å². The third-order valence-electron chi connectivity index (χ3n) is 3.63. The number of carbonyl (C=O) groups excluding carboxylic acids is 1. The van der Waals surface area contributed by atoms with E-state index in [2.05, 4.69) is 21.3 Å². The predicted molar refractivity (Wildman–Crippen MR) is 104 cm³/mol. The Morgan fingerprint density at radius 1 is 1.35 bits per heavy atom. The minimum atomic E-state index is -0.374. The van der Waals surface area contributed by atoms with Gasteiger partial charge in [-0.2, -0.15) is 5.26 Å². The first kappa shape index (κ1) is 18.2. The number of thiophene rings is 1. The molecule has 0 spiro atoms. The lowest BCUT2D eigenvalue weighted by molar-refractivity contribution is -0.117. The second-order valence-corrected chi connectivity index (χ2v) is 7.69. The van der Waals surface area contributed by atoms with Gasteiger partial charge in [0.25, 0.3) is 0 Å². The van der Waals surface area contributed by atoms with Crippen molar-refractivity contribution < 1.29 is 4.79 Å². The molecule has 8 heteroatoms.